The lowest BCUT2D eigenvalue weighted by Gasteiger charge is -2.47. The molecule has 2 aliphatic rings. The first-order valence-corrected chi connectivity index (χ1v) is 8.29. The summed E-state index contributed by atoms with van der Waals surface area (Å²) in [5.74, 6) is 0. The van der Waals surface area contributed by atoms with Crippen molar-refractivity contribution in [1.82, 2.24) is 4.90 Å². The first-order chi connectivity index (χ1) is 11.1. The smallest absolute Gasteiger partial charge is 0.407 e. The molecule has 1 amide bonds. The van der Waals surface area contributed by atoms with Crippen LogP contribution in [-0.2, 0) is 0 Å². The van der Waals surface area contributed by atoms with Crippen LogP contribution in [0.5, 0.6) is 0 Å². The Balaban J connectivity index is 1.95. The van der Waals surface area contributed by atoms with Gasteiger partial charge in [0.25, 0.3) is 0 Å². The van der Waals surface area contributed by atoms with Gasteiger partial charge in [-0.05, 0) is 44.7 Å². The van der Waals surface area contributed by atoms with E-state index in [1.54, 1.807) is 4.90 Å². The van der Waals surface area contributed by atoms with Crippen LogP contribution in [0.4, 0.5) is 10.5 Å². The van der Waals surface area contributed by atoms with E-state index in [-0.39, 0.29) is 11.6 Å². The van der Waals surface area contributed by atoms with Crippen molar-refractivity contribution in [3.8, 4) is 0 Å². The summed E-state index contributed by atoms with van der Waals surface area (Å²) in [5.41, 5.74) is 1.88. The summed E-state index contributed by atoms with van der Waals surface area (Å²) in [7, 11) is 0. The second-order valence-corrected chi connectivity index (χ2v) is 6.50. The van der Waals surface area contributed by atoms with Gasteiger partial charge >= 0.3 is 6.09 Å². The third-order valence-corrected chi connectivity index (χ3v) is 4.90. The van der Waals surface area contributed by atoms with Crippen molar-refractivity contribution in [2.24, 2.45) is 0 Å². The Kier molecular flexibility index (Phi) is 4.42. The van der Waals surface area contributed by atoms with Crippen molar-refractivity contribution in [2.75, 3.05) is 11.9 Å². The molecular weight excluding hydrogens is 288 g/mol. The molecule has 122 valence electrons. The van der Waals surface area contributed by atoms with Crippen LogP contribution in [0.1, 0.15) is 32.6 Å². The lowest BCUT2D eigenvalue weighted by Crippen LogP contribution is -2.59. The average molecular weight is 312 g/mol. The van der Waals surface area contributed by atoms with Crippen LogP contribution in [0, 0.1) is 0 Å². The van der Waals surface area contributed by atoms with E-state index in [1.807, 2.05) is 30.3 Å². The number of carbonyl (C=O) groups is 1. The minimum absolute atomic E-state index is 0.0467. The highest BCUT2D eigenvalue weighted by Crippen LogP contribution is 2.36. The highest BCUT2D eigenvalue weighted by molar-refractivity contribution is 5.66. The first kappa shape index (κ1) is 15.7. The van der Waals surface area contributed by atoms with Crippen molar-refractivity contribution < 1.29 is 9.90 Å². The van der Waals surface area contributed by atoms with Crippen LogP contribution in [0.25, 0.3) is 0 Å². The molecule has 1 aromatic carbocycles. The molecule has 0 unspecified atom stereocenters. The maximum Gasteiger partial charge on any atom is 0.407 e. The number of rotatable bonds is 3. The number of para-hydroxylation sites is 1. The van der Waals surface area contributed by atoms with E-state index < -0.39 is 6.09 Å². The first-order valence-electron chi connectivity index (χ1n) is 8.29. The van der Waals surface area contributed by atoms with Gasteiger partial charge in [0.2, 0.25) is 0 Å². The number of anilines is 1. The fourth-order valence-electron chi connectivity index (χ4n) is 3.66. The fourth-order valence-corrected chi connectivity index (χ4v) is 3.66. The lowest BCUT2D eigenvalue weighted by molar-refractivity contribution is 0.0873. The van der Waals surface area contributed by atoms with Gasteiger partial charge in [-0.3, -0.25) is 0 Å². The molecule has 4 heteroatoms. The molecule has 2 atom stereocenters. The number of nitrogens with one attached hydrogen (secondary N) is 1. The molecule has 1 heterocycles. The van der Waals surface area contributed by atoms with Gasteiger partial charge in [0, 0.05) is 12.2 Å². The number of allylic oxidation sites excluding steroid dienone is 2. The van der Waals surface area contributed by atoms with Gasteiger partial charge in [-0.15, -0.1) is 0 Å². The predicted octanol–water partition coefficient (Wildman–Crippen LogP) is 4.28. The summed E-state index contributed by atoms with van der Waals surface area (Å²) in [5, 5.41) is 13.3. The molecule has 1 aromatic rings. The molecule has 0 bridgehead atoms. The van der Waals surface area contributed by atoms with Crippen LogP contribution in [0.3, 0.4) is 0 Å². The van der Waals surface area contributed by atoms with E-state index in [1.165, 1.54) is 5.57 Å². The van der Waals surface area contributed by atoms with E-state index in [0.717, 1.165) is 31.4 Å². The number of likely N-dealkylation sites (tertiary alicyclic amines) is 1. The summed E-state index contributed by atoms with van der Waals surface area (Å²) >= 11 is 0. The van der Waals surface area contributed by atoms with E-state index in [2.05, 4.69) is 30.5 Å². The van der Waals surface area contributed by atoms with Gasteiger partial charge in [0.05, 0.1) is 11.6 Å². The number of carboxylic acid groups (broad SMARTS) is 1. The number of nitrogens with zero attached hydrogens (tertiary/aromatic N) is 1. The normalized spacial score (nSPS) is 27.4. The molecule has 0 spiro atoms. The van der Waals surface area contributed by atoms with Crippen molar-refractivity contribution in [1.29, 1.82) is 0 Å². The van der Waals surface area contributed by atoms with Gasteiger partial charge in [-0.2, -0.15) is 0 Å². The van der Waals surface area contributed by atoms with E-state index in [0.29, 0.717) is 6.54 Å². The zero-order valence-corrected chi connectivity index (χ0v) is 13.5. The second kappa shape index (κ2) is 6.49. The van der Waals surface area contributed by atoms with Gasteiger partial charge in [-0.25, -0.2) is 4.79 Å². The number of benzene rings is 1. The van der Waals surface area contributed by atoms with Gasteiger partial charge in [-0.1, -0.05) is 42.0 Å². The Labute approximate surface area is 137 Å². The maximum atomic E-state index is 11.7. The molecule has 2 N–H and O–H groups in total. The Morgan fingerprint density at radius 1 is 1.30 bits per heavy atom. The highest BCUT2D eigenvalue weighted by Gasteiger charge is 2.43. The van der Waals surface area contributed by atoms with E-state index in [9.17, 15) is 9.90 Å². The molecule has 3 rings (SSSR count). The monoisotopic (exact) mass is 312 g/mol. The van der Waals surface area contributed by atoms with Crippen molar-refractivity contribution >= 4 is 11.8 Å². The zero-order valence-electron chi connectivity index (χ0n) is 13.5. The Morgan fingerprint density at radius 3 is 2.74 bits per heavy atom. The standard InChI is InChI=1S/C19H24N2O2/c1-15-10-12-19(13-11-15,20-16-7-3-2-4-8-16)17-9-5-6-14-21(17)18(22)23/h2-4,7-8,10-12,17,20H,5-6,9,13-14H2,1H3,(H,22,23)/t17-,19-/m1/s1. The molecule has 1 aliphatic carbocycles. The minimum atomic E-state index is -0.816. The summed E-state index contributed by atoms with van der Waals surface area (Å²) in [6.45, 7) is 2.70. The lowest BCUT2D eigenvalue weighted by atomic mass is 9.77. The molecule has 1 fully saturated rings. The van der Waals surface area contributed by atoms with E-state index >= 15 is 0 Å². The zero-order chi connectivity index (χ0) is 16.3. The van der Waals surface area contributed by atoms with E-state index in [4.69, 9.17) is 0 Å². The minimum Gasteiger partial charge on any atom is -0.465 e. The molecule has 0 radical (unpaired) electrons. The third kappa shape index (κ3) is 3.26. The molecule has 23 heavy (non-hydrogen) atoms. The van der Waals surface area contributed by atoms with Gasteiger partial charge < -0.3 is 15.3 Å². The number of amides is 1. The second-order valence-electron chi connectivity index (χ2n) is 6.50. The van der Waals surface area contributed by atoms with Gasteiger partial charge in [0.15, 0.2) is 0 Å². The predicted molar refractivity (Wildman–Crippen MR) is 92.7 cm³/mol. The van der Waals surface area contributed by atoms with Crippen LogP contribution in [-0.4, -0.2) is 34.2 Å². The Bertz CT molecular complexity index is 624. The molecule has 0 aromatic heterocycles. The fraction of sp³-hybridized carbons (Fsp3) is 0.421. The Hall–Kier alpha value is -2.23. The SMILES string of the molecule is CC1=CC[C@@](Nc2ccccc2)([C@H]2CCCCN2C(=O)O)C=C1. The average Bonchev–Trinajstić information content (AvgIpc) is 2.58. The number of hydrogen-bond donors (Lipinski definition) is 2. The third-order valence-electron chi connectivity index (χ3n) is 4.90. The van der Waals surface area contributed by atoms with Crippen molar-refractivity contribution in [2.45, 2.75) is 44.2 Å². The summed E-state index contributed by atoms with van der Waals surface area (Å²) in [6.07, 6.45) is 9.37. The molecule has 0 saturated carbocycles. The Morgan fingerprint density at radius 2 is 2.09 bits per heavy atom. The van der Waals surface area contributed by atoms with Crippen LogP contribution in [0.15, 0.2) is 54.1 Å². The topological polar surface area (TPSA) is 52.6 Å². The molecule has 1 saturated heterocycles. The largest absolute Gasteiger partial charge is 0.465 e. The molecule has 1 aliphatic heterocycles. The maximum absolute atomic E-state index is 11.7. The van der Waals surface area contributed by atoms with Crippen molar-refractivity contribution in [3.05, 3.63) is 54.1 Å². The van der Waals surface area contributed by atoms with Crippen LogP contribution < -0.4 is 5.32 Å². The molecule has 4 nitrogen and oxygen atoms in total. The summed E-state index contributed by atoms with van der Waals surface area (Å²) in [6, 6.07) is 10.0. The summed E-state index contributed by atoms with van der Waals surface area (Å²) in [4.78, 5) is 13.3. The van der Waals surface area contributed by atoms with Crippen molar-refractivity contribution in [3.63, 3.8) is 0 Å². The highest BCUT2D eigenvalue weighted by atomic mass is 16.4. The quantitative estimate of drug-likeness (QED) is 0.876. The van der Waals surface area contributed by atoms with Crippen LogP contribution in [0.2, 0.25) is 0 Å². The van der Waals surface area contributed by atoms with Gasteiger partial charge in [0.1, 0.15) is 0 Å². The number of piperidine rings is 1. The summed E-state index contributed by atoms with van der Waals surface area (Å²) < 4.78 is 0. The number of hydrogen-bond acceptors (Lipinski definition) is 2. The van der Waals surface area contributed by atoms with Crippen LogP contribution >= 0.6 is 0 Å². The molecular formula is C19H24N2O2.